The van der Waals surface area contributed by atoms with Gasteiger partial charge in [0.15, 0.2) is 0 Å². The molecule has 0 saturated heterocycles. The molecule has 0 rings (SSSR count). The van der Waals surface area contributed by atoms with Gasteiger partial charge in [0.25, 0.3) is 0 Å². The molecule has 0 radical (unpaired) electrons. The van der Waals surface area contributed by atoms with Gasteiger partial charge in [-0.25, -0.2) is 0 Å². The highest BCUT2D eigenvalue weighted by atomic mass is 13.8. The van der Waals surface area contributed by atoms with Crippen LogP contribution in [0.2, 0.25) is 12.6 Å². The summed E-state index contributed by atoms with van der Waals surface area (Å²) in [6, 6.07) is 0. The monoisotopic (exact) mass is 122 g/mol. The molecule has 0 saturated carbocycles. The third kappa shape index (κ3) is 4.15. The smallest absolute Gasteiger partial charge is 0.159 e. The molecule has 0 fully saturated rings. The van der Waals surface area contributed by atoms with Crippen LogP contribution in [0.3, 0.4) is 0 Å². The van der Waals surface area contributed by atoms with Crippen LogP contribution in [0.15, 0.2) is 0 Å². The SMILES string of the molecule is C#CB(CCC)CCC. The van der Waals surface area contributed by atoms with Gasteiger partial charge < -0.3 is 0 Å². The number of hydrogen-bond acceptors (Lipinski definition) is 0. The molecule has 0 atom stereocenters. The van der Waals surface area contributed by atoms with Gasteiger partial charge in [-0.15, -0.1) is 6.42 Å². The Kier molecular flexibility index (Phi) is 5.52. The molecule has 0 nitrogen and oxygen atoms in total. The van der Waals surface area contributed by atoms with Gasteiger partial charge in [0.2, 0.25) is 6.71 Å². The minimum absolute atomic E-state index is 0.542. The summed E-state index contributed by atoms with van der Waals surface area (Å²) in [5.41, 5.74) is 0. The van der Waals surface area contributed by atoms with Crippen molar-refractivity contribution in [1.29, 1.82) is 0 Å². The lowest BCUT2D eigenvalue weighted by molar-refractivity contribution is 1.01. The molecular formula is C8H15B. The van der Waals surface area contributed by atoms with E-state index < -0.39 is 0 Å². The summed E-state index contributed by atoms with van der Waals surface area (Å²) < 4.78 is 0. The van der Waals surface area contributed by atoms with Crippen LogP contribution in [0.1, 0.15) is 26.7 Å². The normalized spacial score (nSPS) is 8.56. The van der Waals surface area contributed by atoms with Crippen LogP contribution in [-0.2, 0) is 0 Å². The van der Waals surface area contributed by atoms with Gasteiger partial charge in [0.05, 0.1) is 0 Å². The zero-order chi connectivity index (χ0) is 7.11. The van der Waals surface area contributed by atoms with Crippen LogP contribution in [0.5, 0.6) is 0 Å². The lowest BCUT2D eigenvalue weighted by Gasteiger charge is -2.00. The maximum absolute atomic E-state index is 5.29. The summed E-state index contributed by atoms with van der Waals surface area (Å²) in [5, 5.41) is 0. The molecule has 0 aliphatic heterocycles. The molecule has 0 aromatic carbocycles. The Morgan fingerprint density at radius 3 is 1.89 bits per heavy atom. The van der Waals surface area contributed by atoms with Gasteiger partial charge in [-0.1, -0.05) is 39.3 Å². The Morgan fingerprint density at radius 1 is 1.22 bits per heavy atom. The molecule has 0 amide bonds. The van der Waals surface area contributed by atoms with Crippen LogP contribution in [0.4, 0.5) is 0 Å². The second-order valence-electron chi connectivity index (χ2n) is 2.44. The summed E-state index contributed by atoms with van der Waals surface area (Å²) in [6.45, 7) is 4.90. The maximum atomic E-state index is 5.29. The Labute approximate surface area is 59.1 Å². The first-order valence-electron chi connectivity index (χ1n) is 3.81. The van der Waals surface area contributed by atoms with Crippen molar-refractivity contribution >= 4 is 6.71 Å². The molecule has 0 heterocycles. The van der Waals surface area contributed by atoms with Gasteiger partial charge in [0.1, 0.15) is 0 Å². The molecule has 0 bridgehead atoms. The Hall–Kier alpha value is -0.375. The predicted molar refractivity (Wildman–Crippen MR) is 44.8 cm³/mol. The van der Waals surface area contributed by atoms with E-state index in [0.29, 0.717) is 6.71 Å². The van der Waals surface area contributed by atoms with Crippen molar-refractivity contribution in [2.45, 2.75) is 39.3 Å². The fraction of sp³-hybridized carbons (Fsp3) is 0.750. The van der Waals surface area contributed by atoms with Gasteiger partial charge in [-0.3, -0.25) is 0 Å². The summed E-state index contributed by atoms with van der Waals surface area (Å²) in [4.78, 5) is 0. The summed E-state index contributed by atoms with van der Waals surface area (Å²) >= 11 is 0. The zero-order valence-electron chi connectivity index (χ0n) is 6.48. The Balaban J connectivity index is 3.32. The number of hydrogen-bond donors (Lipinski definition) is 0. The second-order valence-corrected chi connectivity index (χ2v) is 2.44. The van der Waals surface area contributed by atoms with E-state index in [4.69, 9.17) is 6.42 Å². The molecule has 0 aliphatic rings. The van der Waals surface area contributed by atoms with E-state index in [1.807, 2.05) is 0 Å². The minimum atomic E-state index is 0.542. The molecule has 0 aliphatic carbocycles. The molecule has 0 aromatic heterocycles. The van der Waals surface area contributed by atoms with E-state index in [0.717, 1.165) is 0 Å². The van der Waals surface area contributed by atoms with Crippen molar-refractivity contribution < 1.29 is 0 Å². The Bertz CT molecular complexity index is 85.2. The average Bonchev–Trinajstić information content (AvgIpc) is 1.88. The second kappa shape index (κ2) is 5.76. The molecule has 1 heteroatoms. The van der Waals surface area contributed by atoms with Crippen molar-refractivity contribution in [2.75, 3.05) is 0 Å². The minimum Gasteiger partial charge on any atom is -0.159 e. The van der Waals surface area contributed by atoms with E-state index in [9.17, 15) is 0 Å². The molecular weight excluding hydrogens is 107 g/mol. The first-order valence-corrected chi connectivity index (χ1v) is 3.81. The van der Waals surface area contributed by atoms with Crippen molar-refractivity contribution in [2.24, 2.45) is 0 Å². The van der Waals surface area contributed by atoms with Crippen LogP contribution in [0.25, 0.3) is 0 Å². The van der Waals surface area contributed by atoms with Crippen LogP contribution >= 0.6 is 0 Å². The zero-order valence-corrected chi connectivity index (χ0v) is 6.48. The van der Waals surface area contributed by atoms with Gasteiger partial charge in [0, 0.05) is 0 Å². The van der Waals surface area contributed by atoms with Gasteiger partial charge >= 0.3 is 0 Å². The van der Waals surface area contributed by atoms with E-state index in [2.05, 4.69) is 19.7 Å². The van der Waals surface area contributed by atoms with Crippen LogP contribution < -0.4 is 0 Å². The fourth-order valence-electron chi connectivity index (χ4n) is 1.01. The highest BCUT2D eigenvalue weighted by Crippen LogP contribution is 2.03. The summed E-state index contributed by atoms with van der Waals surface area (Å²) in [7, 11) is 0. The number of rotatable bonds is 4. The molecule has 9 heavy (non-hydrogen) atoms. The van der Waals surface area contributed by atoms with Crippen molar-refractivity contribution in [3.63, 3.8) is 0 Å². The van der Waals surface area contributed by atoms with Gasteiger partial charge in [-0.2, -0.15) is 5.82 Å². The first-order chi connectivity index (χ1) is 4.35. The van der Waals surface area contributed by atoms with Crippen LogP contribution in [-0.4, -0.2) is 6.71 Å². The largest absolute Gasteiger partial charge is 0.230 e. The standard InChI is InChI=1S/C8H15B/c1-4-7-9(6-3)8-5-2/h3H,4-5,7-8H2,1-2H3. The molecule has 0 aromatic rings. The summed E-state index contributed by atoms with van der Waals surface area (Å²) in [5.74, 6) is 2.80. The molecule has 50 valence electrons. The lowest BCUT2D eigenvalue weighted by Crippen LogP contribution is -2.07. The highest BCUT2D eigenvalue weighted by Gasteiger charge is 2.05. The van der Waals surface area contributed by atoms with Crippen molar-refractivity contribution in [3.8, 4) is 12.2 Å². The molecule has 0 spiro atoms. The quantitative estimate of drug-likeness (QED) is 0.397. The van der Waals surface area contributed by atoms with Gasteiger partial charge in [-0.05, 0) is 0 Å². The van der Waals surface area contributed by atoms with Crippen LogP contribution in [0, 0.1) is 12.2 Å². The third-order valence-electron chi connectivity index (χ3n) is 1.51. The topological polar surface area (TPSA) is 0 Å². The van der Waals surface area contributed by atoms with E-state index in [1.165, 1.54) is 25.5 Å². The van der Waals surface area contributed by atoms with E-state index in [-0.39, 0.29) is 0 Å². The lowest BCUT2D eigenvalue weighted by atomic mass is 9.45. The van der Waals surface area contributed by atoms with E-state index in [1.54, 1.807) is 0 Å². The van der Waals surface area contributed by atoms with Crippen molar-refractivity contribution in [3.05, 3.63) is 0 Å². The average molecular weight is 122 g/mol. The fourth-order valence-corrected chi connectivity index (χ4v) is 1.01. The molecule has 0 N–H and O–H groups in total. The molecule has 0 unspecified atom stereocenters. The highest BCUT2D eigenvalue weighted by molar-refractivity contribution is 6.67. The first kappa shape index (κ1) is 8.62. The predicted octanol–water partition coefficient (Wildman–Crippen LogP) is 2.47. The number of terminal acetylenes is 1. The maximum Gasteiger partial charge on any atom is 0.230 e. The van der Waals surface area contributed by atoms with E-state index >= 15 is 0 Å². The van der Waals surface area contributed by atoms with Crippen molar-refractivity contribution in [1.82, 2.24) is 0 Å². The third-order valence-corrected chi connectivity index (χ3v) is 1.51. The Morgan fingerprint density at radius 2 is 1.67 bits per heavy atom. The summed E-state index contributed by atoms with van der Waals surface area (Å²) in [6.07, 6.45) is 10.1.